The summed E-state index contributed by atoms with van der Waals surface area (Å²) in [5.74, 6) is 1.66. The van der Waals surface area contributed by atoms with Crippen LogP contribution in [0.5, 0.6) is 11.5 Å². The third kappa shape index (κ3) is 3.14. The van der Waals surface area contributed by atoms with Crippen LogP contribution in [0.2, 0.25) is 0 Å². The van der Waals surface area contributed by atoms with Crippen molar-refractivity contribution in [2.45, 2.75) is 32.2 Å². The first-order chi connectivity index (χ1) is 7.72. The monoisotopic (exact) mass is 223 g/mol. The van der Waals surface area contributed by atoms with Gasteiger partial charge in [0.05, 0.1) is 14.2 Å². The van der Waals surface area contributed by atoms with E-state index in [0.717, 1.165) is 36.3 Å². The average molecular weight is 223 g/mol. The van der Waals surface area contributed by atoms with Crippen LogP contribution in [0.15, 0.2) is 18.2 Å². The predicted octanol–water partition coefficient (Wildman–Crippen LogP) is 2.89. The number of rotatable bonds is 6. The molecule has 3 nitrogen and oxygen atoms in total. The van der Waals surface area contributed by atoms with Crippen LogP contribution in [0, 0.1) is 0 Å². The molecule has 0 aliphatic rings. The van der Waals surface area contributed by atoms with Crippen LogP contribution < -0.4 is 15.2 Å². The highest BCUT2D eigenvalue weighted by Crippen LogP contribution is 2.30. The van der Waals surface area contributed by atoms with E-state index < -0.39 is 0 Å². The van der Waals surface area contributed by atoms with Gasteiger partial charge < -0.3 is 15.2 Å². The van der Waals surface area contributed by atoms with Gasteiger partial charge in [-0.3, -0.25) is 0 Å². The fourth-order valence-corrected chi connectivity index (χ4v) is 1.71. The summed E-state index contributed by atoms with van der Waals surface area (Å²) in [7, 11) is 3.32. The van der Waals surface area contributed by atoms with Crippen molar-refractivity contribution in [3.05, 3.63) is 23.8 Å². The van der Waals surface area contributed by atoms with Crippen LogP contribution in [0.3, 0.4) is 0 Å². The molecular formula is C13H21NO2. The maximum Gasteiger partial charge on any atom is 0.123 e. The minimum atomic E-state index is 0.0185. The number of unbranched alkanes of at least 4 members (excludes halogenated alkanes) is 1. The molecule has 0 bridgehead atoms. The zero-order valence-electron chi connectivity index (χ0n) is 10.3. The second-order valence-electron chi connectivity index (χ2n) is 3.86. The minimum absolute atomic E-state index is 0.0185. The van der Waals surface area contributed by atoms with Gasteiger partial charge in [-0.05, 0) is 24.6 Å². The fraction of sp³-hybridized carbons (Fsp3) is 0.538. The first-order valence-corrected chi connectivity index (χ1v) is 5.70. The third-order valence-corrected chi connectivity index (χ3v) is 2.71. The highest BCUT2D eigenvalue weighted by atomic mass is 16.5. The molecule has 16 heavy (non-hydrogen) atoms. The summed E-state index contributed by atoms with van der Waals surface area (Å²) in [5, 5.41) is 0. The highest BCUT2D eigenvalue weighted by Gasteiger charge is 2.12. The Morgan fingerprint density at radius 2 is 2.00 bits per heavy atom. The van der Waals surface area contributed by atoms with Gasteiger partial charge in [-0.2, -0.15) is 0 Å². The fourth-order valence-electron chi connectivity index (χ4n) is 1.71. The van der Waals surface area contributed by atoms with E-state index >= 15 is 0 Å². The number of ether oxygens (including phenoxy) is 2. The zero-order chi connectivity index (χ0) is 12.0. The molecule has 90 valence electrons. The molecule has 2 N–H and O–H groups in total. The largest absolute Gasteiger partial charge is 0.497 e. The number of hydrogen-bond acceptors (Lipinski definition) is 3. The van der Waals surface area contributed by atoms with Crippen LogP contribution in [0.1, 0.15) is 37.8 Å². The second-order valence-corrected chi connectivity index (χ2v) is 3.86. The van der Waals surface area contributed by atoms with Crippen molar-refractivity contribution in [1.29, 1.82) is 0 Å². The lowest BCUT2D eigenvalue weighted by molar-refractivity contribution is 0.393. The van der Waals surface area contributed by atoms with E-state index in [1.54, 1.807) is 14.2 Å². The smallest absolute Gasteiger partial charge is 0.123 e. The van der Waals surface area contributed by atoms with Crippen molar-refractivity contribution >= 4 is 0 Å². The van der Waals surface area contributed by atoms with Crippen molar-refractivity contribution in [3.63, 3.8) is 0 Å². The summed E-state index contributed by atoms with van der Waals surface area (Å²) < 4.78 is 10.5. The Morgan fingerprint density at radius 1 is 1.25 bits per heavy atom. The Kier molecular flexibility index (Phi) is 5.12. The van der Waals surface area contributed by atoms with E-state index in [1.807, 2.05) is 18.2 Å². The molecule has 1 aromatic rings. The van der Waals surface area contributed by atoms with Gasteiger partial charge in [0, 0.05) is 11.6 Å². The molecule has 3 heteroatoms. The summed E-state index contributed by atoms with van der Waals surface area (Å²) in [6.07, 6.45) is 3.25. The van der Waals surface area contributed by atoms with Gasteiger partial charge in [0.25, 0.3) is 0 Å². The van der Waals surface area contributed by atoms with Crippen molar-refractivity contribution < 1.29 is 9.47 Å². The standard InChI is InChI=1S/C13H21NO2/c1-4-5-6-12(14)11-9-10(15-2)7-8-13(11)16-3/h7-9,12H,4-6,14H2,1-3H3/t12-/m0/s1. The summed E-state index contributed by atoms with van der Waals surface area (Å²) in [6, 6.07) is 5.76. The first kappa shape index (κ1) is 12.8. The quantitative estimate of drug-likeness (QED) is 0.806. The second kappa shape index (κ2) is 6.38. The van der Waals surface area contributed by atoms with Gasteiger partial charge in [0.15, 0.2) is 0 Å². The predicted molar refractivity (Wildman–Crippen MR) is 66.0 cm³/mol. The molecule has 0 heterocycles. The lowest BCUT2D eigenvalue weighted by Crippen LogP contribution is -2.11. The maximum absolute atomic E-state index is 6.15. The van der Waals surface area contributed by atoms with Gasteiger partial charge in [-0.25, -0.2) is 0 Å². The molecule has 0 saturated heterocycles. The van der Waals surface area contributed by atoms with E-state index in [2.05, 4.69) is 6.92 Å². The van der Waals surface area contributed by atoms with E-state index in [4.69, 9.17) is 15.2 Å². The summed E-state index contributed by atoms with van der Waals surface area (Å²) in [6.45, 7) is 2.16. The Hall–Kier alpha value is -1.22. The molecule has 0 aromatic heterocycles. The molecule has 0 radical (unpaired) electrons. The molecule has 0 aliphatic carbocycles. The topological polar surface area (TPSA) is 44.5 Å². The van der Waals surface area contributed by atoms with Gasteiger partial charge in [0.2, 0.25) is 0 Å². The molecular weight excluding hydrogens is 202 g/mol. The summed E-state index contributed by atoms with van der Waals surface area (Å²) in [4.78, 5) is 0. The Morgan fingerprint density at radius 3 is 2.56 bits per heavy atom. The molecule has 0 amide bonds. The lowest BCUT2D eigenvalue weighted by Gasteiger charge is -2.16. The molecule has 0 aliphatic heterocycles. The third-order valence-electron chi connectivity index (χ3n) is 2.71. The number of hydrogen-bond donors (Lipinski definition) is 1. The molecule has 1 atom stereocenters. The first-order valence-electron chi connectivity index (χ1n) is 5.70. The van der Waals surface area contributed by atoms with Crippen molar-refractivity contribution in [2.75, 3.05) is 14.2 Å². The van der Waals surface area contributed by atoms with Gasteiger partial charge >= 0.3 is 0 Å². The number of methoxy groups -OCH3 is 2. The normalized spacial score (nSPS) is 12.2. The summed E-state index contributed by atoms with van der Waals surface area (Å²) >= 11 is 0. The molecule has 0 spiro atoms. The SMILES string of the molecule is CCCC[C@H](N)c1cc(OC)ccc1OC. The Bertz CT molecular complexity index is 326. The van der Waals surface area contributed by atoms with Crippen LogP contribution in [-0.2, 0) is 0 Å². The molecule has 0 unspecified atom stereocenters. The highest BCUT2D eigenvalue weighted by molar-refractivity contribution is 5.42. The number of nitrogens with two attached hydrogens (primary N) is 1. The minimum Gasteiger partial charge on any atom is -0.497 e. The molecule has 1 aromatic carbocycles. The Labute approximate surface area is 97.6 Å². The lowest BCUT2D eigenvalue weighted by atomic mass is 10.0. The van der Waals surface area contributed by atoms with Gasteiger partial charge in [-0.1, -0.05) is 19.8 Å². The van der Waals surface area contributed by atoms with Crippen molar-refractivity contribution in [3.8, 4) is 11.5 Å². The molecule has 1 rings (SSSR count). The maximum atomic E-state index is 6.15. The van der Waals surface area contributed by atoms with E-state index in [9.17, 15) is 0 Å². The van der Waals surface area contributed by atoms with Gasteiger partial charge in [0.1, 0.15) is 11.5 Å². The van der Waals surface area contributed by atoms with E-state index in [-0.39, 0.29) is 6.04 Å². The van der Waals surface area contributed by atoms with Crippen LogP contribution in [-0.4, -0.2) is 14.2 Å². The average Bonchev–Trinajstić information content (AvgIpc) is 2.35. The van der Waals surface area contributed by atoms with Crippen LogP contribution in [0.4, 0.5) is 0 Å². The van der Waals surface area contributed by atoms with Crippen LogP contribution >= 0.6 is 0 Å². The summed E-state index contributed by atoms with van der Waals surface area (Å²) in [5.41, 5.74) is 7.17. The van der Waals surface area contributed by atoms with E-state index in [1.165, 1.54) is 0 Å². The van der Waals surface area contributed by atoms with Crippen molar-refractivity contribution in [2.24, 2.45) is 5.73 Å². The van der Waals surface area contributed by atoms with Gasteiger partial charge in [-0.15, -0.1) is 0 Å². The Balaban J connectivity index is 2.89. The zero-order valence-corrected chi connectivity index (χ0v) is 10.3. The molecule has 0 fully saturated rings. The van der Waals surface area contributed by atoms with Crippen molar-refractivity contribution in [1.82, 2.24) is 0 Å². The van der Waals surface area contributed by atoms with E-state index in [0.29, 0.717) is 0 Å². The molecule has 0 saturated carbocycles. The number of benzene rings is 1. The van der Waals surface area contributed by atoms with Crippen LogP contribution in [0.25, 0.3) is 0 Å².